The van der Waals surface area contributed by atoms with Crippen LogP contribution in [0, 0.1) is 0 Å². The van der Waals surface area contributed by atoms with E-state index in [-0.39, 0.29) is 27.0 Å². The lowest BCUT2D eigenvalue weighted by molar-refractivity contribution is 0.0697. The highest BCUT2D eigenvalue weighted by Crippen LogP contribution is 2.31. The van der Waals surface area contributed by atoms with Crippen LogP contribution >= 0.6 is 23.2 Å². The fourth-order valence-electron chi connectivity index (χ4n) is 1.67. The zero-order chi connectivity index (χ0) is 16.2. The molecule has 0 saturated carbocycles. The van der Waals surface area contributed by atoms with Crippen LogP contribution in [0.1, 0.15) is 16.8 Å². The molecular formula is C12H16Cl2N2O4S. The number of halogens is 2. The molecule has 1 rings (SSSR count). The minimum absolute atomic E-state index is 0.000926. The SMILES string of the molecule is CNCCCN(C)S(=O)(=O)c1cc(Cl)cc(C(=O)O)c1Cl. The van der Waals surface area contributed by atoms with Gasteiger partial charge in [-0.3, -0.25) is 0 Å². The van der Waals surface area contributed by atoms with E-state index < -0.39 is 16.0 Å². The molecule has 0 saturated heterocycles. The maximum Gasteiger partial charge on any atom is 0.337 e. The molecule has 1 aromatic carbocycles. The zero-order valence-electron chi connectivity index (χ0n) is 11.6. The summed E-state index contributed by atoms with van der Waals surface area (Å²) in [7, 11) is -0.732. The van der Waals surface area contributed by atoms with Crippen LogP contribution in [-0.2, 0) is 10.0 Å². The van der Waals surface area contributed by atoms with E-state index in [0.29, 0.717) is 13.0 Å². The van der Waals surface area contributed by atoms with Crippen molar-refractivity contribution in [2.45, 2.75) is 11.3 Å². The summed E-state index contributed by atoms with van der Waals surface area (Å²) in [5, 5.41) is 11.6. The van der Waals surface area contributed by atoms with Gasteiger partial charge in [0.2, 0.25) is 10.0 Å². The van der Waals surface area contributed by atoms with Gasteiger partial charge in [0, 0.05) is 18.6 Å². The first kappa shape index (κ1) is 18.2. The summed E-state index contributed by atoms with van der Waals surface area (Å²) in [6.45, 7) is 0.929. The molecule has 0 atom stereocenters. The number of aromatic carboxylic acids is 1. The second-order valence-corrected chi connectivity index (χ2v) is 7.18. The number of hydrogen-bond donors (Lipinski definition) is 2. The summed E-state index contributed by atoms with van der Waals surface area (Å²) >= 11 is 11.7. The molecule has 0 aliphatic heterocycles. The van der Waals surface area contributed by atoms with E-state index in [2.05, 4.69) is 5.32 Å². The minimum atomic E-state index is -3.90. The smallest absolute Gasteiger partial charge is 0.337 e. The van der Waals surface area contributed by atoms with Crippen molar-refractivity contribution in [1.82, 2.24) is 9.62 Å². The summed E-state index contributed by atoms with van der Waals surface area (Å²) in [4.78, 5) is 10.8. The normalized spacial score (nSPS) is 11.9. The van der Waals surface area contributed by atoms with Crippen molar-refractivity contribution in [1.29, 1.82) is 0 Å². The van der Waals surface area contributed by atoms with E-state index in [4.69, 9.17) is 28.3 Å². The summed E-state index contributed by atoms with van der Waals surface area (Å²) in [6, 6.07) is 2.27. The second-order valence-electron chi connectivity index (χ2n) is 4.35. The van der Waals surface area contributed by atoms with Gasteiger partial charge in [-0.15, -0.1) is 0 Å². The van der Waals surface area contributed by atoms with Crippen LogP contribution in [0.2, 0.25) is 10.0 Å². The largest absolute Gasteiger partial charge is 0.478 e. The molecule has 2 N–H and O–H groups in total. The van der Waals surface area contributed by atoms with Crippen molar-refractivity contribution < 1.29 is 18.3 Å². The highest BCUT2D eigenvalue weighted by Gasteiger charge is 2.27. The van der Waals surface area contributed by atoms with Crippen LogP contribution in [0.5, 0.6) is 0 Å². The Bertz CT molecular complexity index is 634. The molecule has 1 aromatic rings. The van der Waals surface area contributed by atoms with Gasteiger partial charge in [0.15, 0.2) is 0 Å². The number of sulfonamides is 1. The highest BCUT2D eigenvalue weighted by molar-refractivity contribution is 7.89. The number of hydrogen-bond acceptors (Lipinski definition) is 4. The Balaban J connectivity index is 3.22. The van der Waals surface area contributed by atoms with Crippen LogP contribution in [0.4, 0.5) is 0 Å². The minimum Gasteiger partial charge on any atom is -0.478 e. The molecule has 0 aliphatic rings. The number of nitrogens with zero attached hydrogens (tertiary/aromatic N) is 1. The molecule has 21 heavy (non-hydrogen) atoms. The van der Waals surface area contributed by atoms with E-state index in [0.717, 1.165) is 16.4 Å². The Morgan fingerprint density at radius 2 is 2.00 bits per heavy atom. The highest BCUT2D eigenvalue weighted by atomic mass is 35.5. The van der Waals surface area contributed by atoms with E-state index in [9.17, 15) is 13.2 Å². The van der Waals surface area contributed by atoms with Crippen LogP contribution < -0.4 is 5.32 Å². The monoisotopic (exact) mass is 354 g/mol. The van der Waals surface area contributed by atoms with Crippen molar-refractivity contribution in [3.05, 3.63) is 27.7 Å². The Kier molecular flexibility index (Phi) is 6.42. The Morgan fingerprint density at radius 3 is 2.52 bits per heavy atom. The van der Waals surface area contributed by atoms with E-state index in [1.165, 1.54) is 7.05 Å². The maximum atomic E-state index is 12.4. The van der Waals surface area contributed by atoms with Gasteiger partial charge < -0.3 is 10.4 Å². The van der Waals surface area contributed by atoms with Gasteiger partial charge in [0.05, 0.1) is 10.6 Å². The van der Waals surface area contributed by atoms with Gasteiger partial charge in [-0.05, 0) is 32.1 Å². The third-order valence-electron chi connectivity index (χ3n) is 2.82. The van der Waals surface area contributed by atoms with Gasteiger partial charge >= 0.3 is 5.97 Å². The zero-order valence-corrected chi connectivity index (χ0v) is 13.9. The lowest BCUT2D eigenvalue weighted by Gasteiger charge is -2.18. The molecule has 0 aromatic heterocycles. The lowest BCUT2D eigenvalue weighted by Crippen LogP contribution is -2.30. The molecule has 0 bridgehead atoms. The first-order valence-electron chi connectivity index (χ1n) is 6.05. The van der Waals surface area contributed by atoms with Gasteiger partial charge in [-0.2, -0.15) is 0 Å². The van der Waals surface area contributed by atoms with Crippen LogP contribution in [-0.4, -0.2) is 51.0 Å². The molecule has 0 radical (unpaired) electrons. The number of rotatable bonds is 7. The predicted molar refractivity (Wildman–Crippen MR) is 81.8 cm³/mol. The van der Waals surface area contributed by atoms with E-state index in [1.54, 1.807) is 7.05 Å². The summed E-state index contributed by atoms with van der Waals surface area (Å²) in [5.74, 6) is -1.34. The fraction of sp³-hybridized carbons (Fsp3) is 0.417. The number of benzene rings is 1. The number of nitrogens with one attached hydrogen (secondary N) is 1. The number of carboxylic acid groups (broad SMARTS) is 1. The van der Waals surface area contributed by atoms with Crippen molar-refractivity contribution in [3.8, 4) is 0 Å². The standard InChI is InChI=1S/C12H16Cl2N2O4S/c1-15-4-3-5-16(2)21(19,20)10-7-8(13)6-9(11(10)14)12(17)18/h6-7,15H,3-5H2,1-2H3,(H,17,18). The summed E-state index contributed by atoms with van der Waals surface area (Å²) in [6.07, 6.45) is 0.607. The maximum absolute atomic E-state index is 12.4. The Hall–Kier alpha value is -0.860. The molecular weight excluding hydrogens is 339 g/mol. The molecule has 0 aliphatic carbocycles. The van der Waals surface area contributed by atoms with Crippen LogP contribution in [0.25, 0.3) is 0 Å². The van der Waals surface area contributed by atoms with Crippen molar-refractivity contribution >= 4 is 39.2 Å². The molecule has 0 unspecified atom stereocenters. The van der Waals surface area contributed by atoms with E-state index >= 15 is 0 Å². The first-order chi connectivity index (χ1) is 9.71. The molecule has 0 heterocycles. The molecule has 0 fully saturated rings. The number of carbonyl (C=O) groups is 1. The van der Waals surface area contributed by atoms with Crippen molar-refractivity contribution in [2.24, 2.45) is 0 Å². The quantitative estimate of drug-likeness (QED) is 0.730. The van der Waals surface area contributed by atoms with Crippen molar-refractivity contribution in [2.75, 3.05) is 27.2 Å². The summed E-state index contributed by atoms with van der Waals surface area (Å²) in [5.41, 5.74) is -0.341. The fourth-order valence-corrected chi connectivity index (χ4v) is 3.76. The predicted octanol–water partition coefficient (Wildman–Crippen LogP) is 1.92. The molecule has 9 heteroatoms. The topological polar surface area (TPSA) is 86.7 Å². The number of carboxylic acids is 1. The average Bonchev–Trinajstić information content (AvgIpc) is 2.40. The lowest BCUT2D eigenvalue weighted by atomic mass is 10.2. The first-order valence-corrected chi connectivity index (χ1v) is 8.24. The molecule has 0 spiro atoms. The Labute approximate surface area is 133 Å². The van der Waals surface area contributed by atoms with Gasteiger partial charge in [-0.25, -0.2) is 17.5 Å². The molecule has 6 nitrogen and oxygen atoms in total. The average molecular weight is 355 g/mol. The third kappa shape index (κ3) is 4.31. The van der Waals surface area contributed by atoms with Gasteiger partial charge in [0.25, 0.3) is 0 Å². The van der Waals surface area contributed by atoms with Gasteiger partial charge in [0.1, 0.15) is 4.90 Å². The van der Waals surface area contributed by atoms with Crippen LogP contribution in [0.15, 0.2) is 17.0 Å². The molecule has 118 valence electrons. The third-order valence-corrected chi connectivity index (χ3v) is 5.44. The Morgan fingerprint density at radius 1 is 1.38 bits per heavy atom. The molecule has 0 amide bonds. The van der Waals surface area contributed by atoms with Crippen LogP contribution in [0.3, 0.4) is 0 Å². The summed E-state index contributed by atoms with van der Waals surface area (Å²) < 4.78 is 26.0. The van der Waals surface area contributed by atoms with Crippen molar-refractivity contribution in [3.63, 3.8) is 0 Å². The van der Waals surface area contributed by atoms with Gasteiger partial charge in [-0.1, -0.05) is 23.2 Å². The second kappa shape index (κ2) is 7.42. The van der Waals surface area contributed by atoms with E-state index in [1.807, 2.05) is 0 Å².